The summed E-state index contributed by atoms with van der Waals surface area (Å²) in [6.07, 6.45) is 6.25. The maximum absolute atomic E-state index is 13.9. The van der Waals surface area contributed by atoms with E-state index in [9.17, 15) is 4.39 Å². The molecule has 0 aliphatic rings. The van der Waals surface area contributed by atoms with Crippen LogP contribution in [-0.4, -0.2) is 13.7 Å². The van der Waals surface area contributed by atoms with Crippen LogP contribution < -0.4 is 14.8 Å². The smallest absolute Gasteiger partial charge is 0.167 e. The minimum absolute atomic E-state index is 0.156. The lowest BCUT2D eigenvalue weighted by molar-refractivity contribution is 0.275. The number of unbranched alkanes of at least 4 members (excludes halogenated alkanes) is 4. The third-order valence-electron chi connectivity index (χ3n) is 4.48. The number of hydrogen-bond acceptors (Lipinski definition) is 3. The monoisotopic (exact) mass is 437 g/mol. The zero-order chi connectivity index (χ0) is 19.5. The average Bonchev–Trinajstić information content (AvgIpc) is 2.68. The molecule has 0 saturated heterocycles. The molecule has 0 aliphatic heterocycles. The molecule has 0 bridgehead atoms. The number of hydrogen-bond donors (Lipinski definition) is 1. The minimum Gasteiger partial charge on any atom is -0.493 e. The van der Waals surface area contributed by atoms with Crippen molar-refractivity contribution in [2.45, 2.75) is 52.2 Å². The van der Waals surface area contributed by atoms with Crippen LogP contribution >= 0.6 is 15.9 Å². The summed E-state index contributed by atoms with van der Waals surface area (Å²) >= 11 is 3.60. The highest BCUT2D eigenvalue weighted by Gasteiger charge is 2.15. The Morgan fingerprint density at radius 3 is 2.56 bits per heavy atom. The first-order chi connectivity index (χ1) is 13.2. The molecule has 0 atom stereocenters. The van der Waals surface area contributed by atoms with Crippen molar-refractivity contribution >= 4 is 15.9 Å². The van der Waals surface area contributed by atoms with Gasteiger partial charge in [0.15, 0.2) is 11.5 Å². The fourth-order valence-corrected chi connectivity index (χ4v) is 3.35. The lowest BCUT2D eigenvalue weighted by atomic mass is 10.1. The lowest BCUT2D eigenvalue weighted by Crippen LogP contribution is -2.16. The first kappa shape index (κ1) is 21.7. The first-order valence-corrected chi connectivity index (χ1v) is 10.4. The molecule has 0 unspecified atom stereocenters. The van der Waals surface area contributed by atoms with Gasteiger partial charge >= 0.3 is 0 Å². The number of ether oxygens (including phenoxy) is 2. The Morgan fingerprint density at radius 1 is 1.04 bits per heavy atom. The normalized spacial score (nSPS) is 10.8. The number of halogens is 2. The Balaban J connectivity index is 2.01. The van der Waals surface area contributed by atoms with Crippen LogP contribution in [0.15, 0.2) is 40.9 Å². The predicted octanol–water partition coefficient (Wildman–Crippen LogP) is 6.24. The first-order valence-electron chi connectivity index (χ1n) is 9.59. The van der Waals surface area contributed by atoms with Crippen molar-refractivity contribution in [2.24, 2.45) is 0 Å². The van der Waals surface area contributed by atoms with Gasteiger partial charge in [-0.3, -0.25) is 0 Å². The van der Waals surface area contributed by atoms with E-state index in [1.54, 1.807) is 25.3 Å². The highest BCUT2D eigenvalue weighted by Crippen LogP contribution is 2.37. The molecule has 5 heteroatoms. The molecular weight excluding hydrogens is 409 g/mol. The van der Waals surface area contributed by atoms with Crippen molar-refractivity contribution in [2.75, 3.05) is 13.7 Å². The van der Waals surface area contributed by atoms with Crippen molar-refractivity contribution in [1.82, 2.24) is 5.32 Å². The van der Waals surface area contributed by atoms with Gasteiger partial charge in [-0.15, -0.1) is 0 Å². The van der Waals surface area contributed by atoms with E-state index in [0.29, 0.717) is 23.6 Å². The fourth-order valence-electron chi connectivity index (χ4n) is 2.90. The van der Waals surface area contributed by atoms with Gasteiger partial charge in [0.05, 0.1) is 7.11 Å². The molecule has 0 heterocycles. The molecule has 3 nitrogen and oxygen atoms in total. The van der Waals surface area contributed by atoms with Crippen LogP contribution in [0.2, 0.25) is 0 Å². The van der Waals surface area contributed by atoms with Gasteiger partial charge in [0.1, 0.15) is 12.4 Å². The molecule has 0 aliphatic carbocycles. The van der Waals surface area contributed by atoms with Gasteiger partial charge in [-0.1, -0.05) is 66.7 Å². The number of nitrogens with one attached hydrogen (secondary N) is 1. The number of methoxy groups -OCH3 is 1. The van der Waals surface area contributed by atoms with Crippen LogP contribution in [-0.2, 0) is 13.2 Å². The lowest BCUT2D eigenvalue weighted by Gasteiger charge is -2.17. The summed E-state index contributed by atoms with van der Waals surface area (Å²) in [5, 5.41) is 3.48. The molecule has 2 aromatic carbocycles. The van der Waals surface area contributed by atoms with Crippen molar-refractivity contribution in [3.8, 4) is 11.5 Å². The molecule has 0 radical (unpaired) electrons. The summed E-state index contributed by atoms with van der Waals surface area (Å²) in [6.45, 7) is 4.00. The molecule has 0 amide bonds. The van der Waals surface area contributed by atoms with Crippen molar-refractivity contribution in [1.29, 1.82) is 0 Å². The molecule has 148 valence electrons. The summed E-state index contributed by atoms with van der Waals surface area (Å²) in [7, 11) is 1.62. The van der Waals surface area contributed by atoms with E-state index in [2.05, 4.69) is 28.2 Å². The molecule has 27 heavy (non-hydrogen) atoms. The van der Waals surface area contributed by atoms with E-state index in [0.717, 1.165) is 23.0 Å². The van der Waals surface area contributed by atoms with Crippen molar-refractivity contribution < 1.29 is 13.9 Å². The van der Waals surface area contributed by atoms with Gasteiger partial charge < -0.3 is 14.8 Å². The molecule has 2 rings (SSSR count). The second-order valence-corrected chi connectivity index (χ2v) is 7.38. The molecule has 1 N–H and O–H groups in total. The summed E-state index contributed by atoms with van der Waals surface area (Å²) in [4.78, 5) is 0. The summed E-state index contributed by atoms with van der Waals surface area (Å²) in [6, 6.07) is 10.5. The standard InChI is InChI=1S/C22H29BrFNO2/c1-3-4-5-6-9-14-25-15-18-19(23)12-13-21(26-2)22(18)27-16-17-10-7-8-11-20(17)24/h7-8,10-13,25H,3-6,9,14-16H2,1-2H3. The van der Waals surface area contributed by atoms with Crippen molar-refractivity contribution in [3.63, 3.8) is 0 Å². The maximum atomic E-state index is 13.9. The van der Waals surface area contributed by atoms with E-state index in [-0.39, 0.29) is 12.4 Å². The largest absolute Gasteiger partial charge is 0.493 e. The van der Waals surface area contributed by atoms with E-state index in [1.165, 1.54) is 31.7 Å². The summed E-state index contributed by atoms with van der Waals surface area (Å²) in [5.74, 6) is 1.03. The minimum atomic E-state index is -0.266. The van der Waals surface area contributed by atoms with Crippen LogP contribution in [0.3, 0.4) is 0 Å². The van der Waals surface area contributed by atoms with Gasteiger partial charge in [-0.25, -0.2) is 4.39 Å². The Labute approximate surface area is 170 Å². The van der Waals surface area contributed by atoms with E-state index >= 15 is 0 Å². The maximum Gasteiger partial charge on any atom is 0.167 e. The molecule has 0 fully saturated rings. The van der Waals surface area contributed by atoms with Crippen LogP contribution in [0.1, 0.15) is 50.2 Å². The fraction of sp³-hybridized carbons (Fsp3) is 0.455. The van der Waals surface area contributed by atoms with Gasteiger partial charge in [-0.2, -0.15) is 0 Å². The SMILES string of the molecule is CCCCCCCNCc1c(Br)ccc(OC)c1OCc1ccccc1F. The molecule has 2 aromatic rings. The number of rotatable bonds is 12. The van der Waals surface area contributed by atoms with Crippen LogP contribution in [0.25, 0.3) is 0 Å². The van der Waals surface area contributed by atoms with E-state index in [1.807, 2.05) is 12.1 Å². The topological polar surface area (TPSA) is 30.5 Å². The Hall–Kier alpha value is -1.59. The van der Waals surface area contributed by atoms with Gasteiger partial charge in [-0.05, 0) is 31.2 Å². The Bertz CT molecular complexity index is 709. The van der Waals surface area contributed by atoms with Crippen LogP contribution in [0.4, 0.5) is 4.39 Å². The van der Waals surface area contributed by atoms with Gasteiger partial charge in [0.2, 0.25) is 0 Å². The zero-order valence-corrected chi connectivity index (χ0v) is 17.8. The predicted molar refractivity (Wildman–Crippen MR) is 112 cm³/mol. The van der Waals surface area contributed by atoms with E-state index in [4.69, 9.17) is 9.47 Å². The Morgan fingerprint density at radius 2 is 1.81 bits per heavy atom. The molecule has 0 aromatic heterocycles. The third-order valence-corrected chi connectivity index (χ3v) is 5.22. The second-order valence-electron chi connectivity index (χ2n) is 6.53. The summed E-state index contributed by atoms with van der Waals surface area (Å²) in [5.41, 5.74) is 1.51. The van der Waals surface area contributed by atoms with Gasteiger partial charge in [0, 0.05) is 22.1 Å². The molecule has 0 saturated carbocycles. The Kier molecular flexibility index (Phi) is 9.64. The number of benzene rings is 2. The van der Waals surface area contributed by atoms with Gasteiger partial charge in [0.25, 0.3) is 0 Å². The average molecular weight is 438 g/mol. The highest BCUT2D eigenvalue weighted by atomic mass is 79.9. The third kappa shape index (κ3) is 6.82. The van der Waals surface area contributed by atoms with Crippen LogP contribution in [0.5, 0.6) is 11.5 Å². The quantitative estimate of drug-likeness (QED) is 0.398. The molecule has 0 spiro atoms. The zero-order valence-electron chi connectivity index (χ0n) is 16.2. The molecular formula is C22H29BrFNO2. The van der Waals surface area contributed by atoms with Crippen LogP contribution in [0, 0.1) is 5.82 Å². The second kappa shape index (κ2) is 12.0. The van der Waals surface area contributed by atoms with Crippen molar-refractivity contribution in [3.05, 3.63) is 57.8 Å². The summed E-state index contributed by atoms with van der Waals surface area (Å²) < 4.78 is 26.3. The van der Waals surface area contributed by atoms with E-state index < -0.39 is 0 Å². The highest BCUT2D eigenvalue weighted by molar-refractivity contribution is 9.10.